The number of halogens is 3. The minimum Gasteiger partial charge on any atom is -0.475 e. The van der Waals surface area contributed by atoms with Crippen LogP contribution in [0.1, 0.15) is 0 Å². The number of carbonyl (C=O) groups is 2. The SMILES string of the molecule is O=C(O)C(F)(F)F.O=C1CNCCN1c1nccs1. The first kappa shape index (κ1) is 15.4. The maximum absolute atomic E-state index is 11.3. The number of nitrogens with zero attached hydrogens (tertiary/aromatic N) is 2. The van der Waals surface area contributed by atoms with Crippen LogP contribution >= 0.6 is 11.3 Å². The number of carboxylic acids is 1. The summed E-state index contributed by atoms with van der Waals surface area (Å²) in [6.45, 7) is 2.01. The number of nitrogens with one attached hydrogen (secondary N) is 1. The molecule has 0 atom stereocenters. The van der Waals surface area contributed by atoms with Gasteiger partial charge in [-0.1, -0.05) is 0 Å². The minimum absolute atomic E-state index is 0.108. The van der Waals surface area contributed by atoms with Crippen LogP contribution in [0, 0.1) is 0 Å². The smallest absolute Gasteiger partial charge is 0.475 e. The maximum Gasteiger partial charge on any atom is 0.490 e. The van der Waals surface area contributed by atoms with Crippen LogP contribution in [0.25, 0.3) is 0 Å². The monoisotopic (exact) mass is 297 g/mol. The molecule has 0 spiro atoms. The van der Waals surface area contributed by atoms with E-state index in [1.54, 1.807) is 11.1 Å². The van der Waals surface area contributed by atoms with Crippen LogP contribution in [0.4, 0.5) is 18.3 Å². The molecule has 1 aliphatic heterocycles. The number of carbonyl (C=O) groups excluding carboxylic acids is 1. The average Bonchev–Trinajstić information content (AvgIpc) is 2.82. The molecule has 1 aromatic rings. The van der Waals surface area contributed by atoms with E-state index in [1.165, 1.54) is 11.3 Å². The minimum atomic E-state index is -5.08. The number of rotatable bonds is 1. The van der Waals surface area contributed by atoms with Crippen LogP contribution in [0.3, 0.4) is 0 Å². The van der Waals surface area contributed by atoms with Crippen LogP contribution in [0.5, 0.6) is 0 Å². The van der Waals surface area contributed by atoms with Gasteiger partial charge < -0.3 is 10.4 Å². The van der Waals surface area contributed by atoms with Crippen molar-refractivity contribution in [3.05, 3.63) is 11.6 Å². The van der Waals surface area contributed by atoms with E-state index >= 15 is 0 Å². The van der Waals surface area contributed by atoms with Crippen molar-refractivity contribution in [2.75, 3.05) is 24.5 Å². The largest absolute Gasteiger partial charge is 0.490 e. The molecule has 1 amide bonds. The lowest BCUT2D eigenvalue weighted by Crippen LogP contribution is -2.48. The molecule has 1 aliphatic rings. The molecule has 2 heterocycles. The summed E-state index contributed by atoms with van der Waals surface area (Å²) in [5.74, 6) is -2.65. The van der Waals surface area contributed by atoms with Gasteiger partial charge >= 0.3 is 12.1 Å². The molecule has 0 aliphatic carbocycles. The number of amides is 1. The summed E-state index contributed by atoms with van der Waals surface area (Å²) in [5.41, 5.74) is 0. The normalized spacial score (nSPS) is 15.7. The maximum atomic E-state index is 11.3. The van der Waals surface area contributed by atoms with Gasteiger partial charge in [0.05, 0.1) is 6.54 Å². The quantitative estimate of drug-likeness (QED) is 0.798. The molecule has 19 heavy (non-hydrogen) atoms. The Morgan fingerprint density at radius 1 is 1.53 bits per heavy atom. The van der Waals surface area contributed by atoms with Crippen LogP contribution in [0.15, 0.2) is 11.6 Å². The molecule has 0 bridgehead atoms. The van der Waals surface area contributed by atoms with Crippen molar-refractivity contribution in [2.24, 2.45) is 0 Å². The summed E-state index contributed by atoms with van der Waals surface area (Å²) in [6.07, 6.45) is -3.37. The van der Waals surface area contributed by atoms with Gasteiger partial charge in [0.2, 0.25) is 5.91 Å². The fourth-order valence-electron chi connectivity index (χ4n) is 1.16. The first-order valence-electron chi connectivity index (χ1n) is 5.03. The Morgan fingerprint density at radius 2 is 2.16 bits per heavy atom. The number of aliphatic carboxylic acids is 1. The zero-order chi connectivity index (χ0) is 14.5. The molecule has 0 unspecified atom stereocenters. The number of thiazole rings is 1. The lowest BCUT2D eigenvalue weighted by atomic mass is 10.4. The van der Waals surface area contributed by atoms with Crippen molar-refractivity contribution in [2.45, 2.75) is 6.18 Å². The van der Waals surface area contributed by atoms with E-state index in [1.807, 2.05) is 5.38 Å². The Kier molecular flexibility index (Phi) is 5.24. The highest BCUT2D eigenvalue weighted by Gasteiger charge is 2.38. The zero-order valence-electron chi connectivity index (χ0n) is 9.48. The Labute approximate surface area is 109 Å². The molecule has 1 saturated heterocycles. The molecular formula is C9H10F3N3O3S. The van der Waals surface area contributed by atoms with Crippen LogP contribution in [-0.4, -0.2) is 47.8 Å². The summed E-state index contributed by atoms with van der Waals surface area (Å²) in [5, 5.41) is 12.8. The molecule has 0 radical (unpaired) electrons. The molecule has 1 fully saturated rings. The third-order valence-corrected chi connectivity index (χ3v) is 2.78. The summed E-state index contributed by atoms with van der Waals surface area (Å²) in [6, 6.07) is 0. The van der Waals surface area contributed by atoms with E-state index < -0.39 is 12.1 Å². The second-order valence-electron chi connectivity index (χ2n) is 3.34. The average molecular weight is 297 g/mol. The highest BCUT2D eigenvalue weighted by Crippen LogP contribution is 2.17. The summed E-state index contributed by atoms with van der Waals surface area (Å²) in [4.78, 5) is 26.0. The number of carboxylic acid groups (broad SMARTS) is 1. The van der Waals surface area contributed by atoms with E-state index in [-0.39, 0.29) is 5.91 Å². The predicted octanol–water partition coefficient (Wildman–Crippen LogP) is 0.713. The van der Waals surface area contributed by atoms with Crippen LogP contribution in [-0.2, 0) is 9.59 Å². The predicted molar refractivity (Wildman–Crippen MR) is 61.0 cm³/mol. The lowest BCUT2D eigenvalue weighted by Gasteiger charge is -2.24. The highest BCUT2D eigenvalue weighted by atomic mass is 32.1. The molecule has 106 valence electrons. The molecule has 0 saturated carbocycles. The lowest BCUT2D eigenvalue weighted by molar-refractivity contribution is -0.192. The summed E-state index contributed by atoms with van der Waals surface area (Å²) < 4.78 is 31.7. The third kappa shape index (κ3) is 4.83. The van der Waals surface area contributed by atoms with E-state index in [4.69, 9.17) is 9.90 Å². The number of hydrogen-bond acceptors (Lipinski definition) is 5. The van der Waals surface area contributed by atoms with E-state index in [0.29, 0.717) is 6.54 Å². The number of piperazine rings is 1. The van der Waals surface area contributed by atoms with Crippen molar-refractivity contribution in [1.82, 2.24) is 10.3 Å². The van der Waals surface area contributed by atoms with E-state index in [2.05, 4.69) is 10.3 Å². The van der Waals surface area contributed by atoms with Crippen LogP contribution < -0.4 is 10.2 Å². The first-order chi connectivity index (χ1) is 8.82. The Bertz CT molecular complexity index is 436. The van der Waals surface area contributed by atoms with Crippen LogP contribution in [0.2, 0.25) is 0 Å². The summed E-state index contributed by atoms with van der Waals surface area (Å²) in [7, 11) is 0. The number of anilines is 1. The van der Waals surface area contributed by atoms with Gasteiger partial charge in [0, 0.05) is 24.7 Å². The van der Waals surface area contributed by atoms with Crippen molar-refractivity contribution in [3.63, 3.8) is 0 Å². The number of aromatic nitrogens is 1. The Hall–Kier alpha value is -1.68. The van der Waals surface area contributed by atoms with Crippen molar-refractivity contribution in [1.29, 1.82) is 0 Å². The van der Waals surface area contributed by atoms with Gasteiger partial charge in [-0.05, 0) is 0 Å². The van der Waals surface area contributed by atoms with Gasteiger partial charge in [-0.25, -0.2) is 9.78 Å². The van der Waals surface area contributed by atoms with Gasteiger partial charge in [-0.2, -0.15) is 13.2 Å². The van der Waals surface area contributed by atoms with Gasteiger partial charge in [-0.15, -0.1) is 11.3 Å². The second-order valence-corrected chi connectivity index (χ2v) is 4.21. The third-order valence-electron chi connectivity index (χ3n) is 1.98. The van der Waals surface area contributed by atoms with Gasteiger partial charge in [0.25, 0.3) is 0 Å². The zero-order valence-corrected chi connectivity index (χ0v) is 10.3. The molecule has 2 N–H and O–H groups in total. The van der Waals surface area contributed by atoms with Crippen molar-refractivity contribution >= 4 is 28.3 Å². The number of hydrogen-bond donors (Lipinski definition) is 2. The summed E-state index contributed by atoms with van der Waals surface area (Å²) >= 11 is 1.50. The molecule has 2 rings (SSSR count). The molecule has 1 aromatic heterocycles. The highest BCUT2D eigenvalue weighted by molar-refractivity contribution is 7.13. The van der Waals surface area contributed by atoms with Gasteiger partial charge in [0.1, 0.15) is 0 Å². The molecule has 10 heteroatoms. The van der Waals surface area contributed by atoms with E-state index in [9.17, 15) is 18.0 Å². The Morgan fingerprint density at radius 3 is 2.58 bits per heavy atom. The molecule has 0 aromatic carbocycles. The topological polar surface area (TPSA) is 82.5 Å². The fraction of sp³-hybridized carbons (Fsp3) is 0.444. The van der Waals surface area contributed by atoms with Gasteiger partial charge in [0.15, 0.2) is 5.13 Å². The van der Waals surface area contributed by atoms with Crippen molar-refractivity contribution in [3.8, 4) is 0 Å². The second kappa shape index (κ2) is 6.48. The standard InChI is InChI=1S/C7H9N3OS.C2HF3O2/c11-6-5-8-1-3-10(6)7-9-2-4-12-7;3-2(4,5)1(6)7/h2,4,8H,1,3,5H2;(H,6,7). The molecular weight excluding hydrogens is 287 g/mol. The fourth-order valence-corrected chi connectivity index (χ4v) is 1.84. The van der Waals surface area contributed by atoms with Gasteiger partial charge in [-0.3, -0.25) is 9.69 Å². The van der Waals surface area contributed by atoms with Crippen molar-refractivity contribution < 1.29 is 27.9 Å². The van der Waals surface area contributed by atoms with E-state index in [0.717, 1.165) is 18.2 Å². The Balaban J connectivity index is 0.000000224. The first-order valence-corrected chi connectivity index (χ1v) is 5.91. The number of alkyl halides is 3. The molecule has 6 nitrogen and oxygen atoms in total.